The number of rotatable bonds is 5. The molecule has 10 heteroatoms. The van der Waals surface area contributed by atoms with E-state index in [0.717, 1.165) is 39.6 Å². The van der Waals surface area contributed by atoms with Crippen molar-refractivity contribution in [1.29, 1.82) is 0 Å². The Bertz CT molecular complexity index is 1260. The number of anilines is 1. The fourth-order valence-corrected chi connectivity index (χ4v) is 2.77. The minimum absolute atomic E-state index is 0. The minimum atomic E-state index is 0. The molecule has 0 aromatic heterocycles. The summed E-state index contributed by atoms with van der Waals surface area (Å²) in [6, 6.07) is 32.0. The summed E-state index contributed by atoms with van der Waals surface area (Å²) >= 11 is 0. The third-order valence-electron chi connectivity index (χ3n) is 4.80. The standard InChI is InChI=1S/2C14H13N3.4Y/c1-10-5-3-4-6-14(10)17-16-12-7-8-13(15)11(2)9-12;1-17(2)14-10-8-13(9-11-14)16-15-12-6-4-3-5-7-12;;;;/h4-9,15H,1-2H3;4-11H,1H2,2H3;;;;/q2*-2;;;;. The predicted octanol–water partition coefficient (Wildman–Crippen LogP) is 9.32. The molecular weight excluding hydrogens is 776 g/mol. The number of hydrogen-bond acceptors (Lipinski definition) is 5. The zero-order chi connectivity index (χ0) is 24.3. The number of nitrogens with zero attached hydrogens (tertiary/aromatic N) is 5. The van der Waals surface area contributed by atoms with Crippen molar-refractivity contribution in [3.63, 3.8) is 0 Å². The van der Waals surface area contributed by atoms with Crippen LogP contribution in [-0.4, -0.2) is 7.05 Å². The molecule has 0 unspecified atom stereocenters. The Balaban J connectivity index is 0. The maximum absolute atomic E-state index is 7.57. The van der Waals surface area contributed by atoms with Crippen LogP contribution < -0.4 is 4.90 Å². The van der Waals surface area contributed by atoms with Crippen molar-refractivity contribution < 1.29 is 131 Å². The summed E-state index contributed by atoms with van der Waals surface area (Å²) < 4.78 is 0. The van der Waals surface area contributed by atoms with Gasteiger partial charge in [0.25, 0.3) is 0 Å². The molecule has 1 N–H and O–H groups in total. The zero-order valence-electron chi connectivity index (χ0n) is 21.8. The van der Waals surface area contributed by atoms with Gasteiger partial charge < -0.3 is 10.6 Å². The van der Waals surface area contributed by atoms with Crippen LogP contribution in [0.3, 0.4) is 0 Å². The Labute approximate surface area is 327 Å². The Hall–Kier alpha value is 0.0956. The maximum Gasteiger partial charge on any atom is 0.0857 e. The molecule has 0 heterocycles. The average Bonchev–Trinajstić information content (AvgIpc) is 2.85. The fraction of sp³-hybridized carbons (Fsp3) is 0.107. The summed E-state index contributed by atoms with van der Waals surface area (Å²) in [7, 11) is 5.71. The molecule has 184 valence electrons. The molecule has 0 atom stereocenters. The molecule has 4 radical (unpaired) electrons. The van der Waals surface area contributed by atoms with Crippen molar-refractivity contribution in [1.82, 2.24) is 0 Å². The molecule has 0 spiro atoms. The van der Waals surface area contributed by atoms with Crippen LogP contribution in [0.5, 0.6) is 0 Å². The molecular formula is C28H26N6Y4-4. The van der Waals surface area contributed by atoms with E-state index in [1.807, 2.05) is 93.7 Å². The van der Waals surface area contributed by atoms with Gasteiger partial charge in [-0.25, -0.2) is 0 Å². The molecule has 0 aliphatic carbocycles. The topological polar surface area (TPSA) is 76.5 Å². The molecule has 6 nitrogen and oxygen atoms in total. The van der Waals surface area contributed by atoms with Gasteiger partial charge in [0.2, 0.25) is 0 Å². The number of nitrogens with one attached hydrogen (secondary N) is 1. The number of azo groups is 2. The van der Waals surface area contributed by atoms with E-state index in [1.165, 1.54) is 0 Å². The summed E-state index contributed by atoms with van der Waals surface area (Å²) in [4.78, 5) is 1.80. The molecule has 4 aromatic carbocycles. The Kier molecular flexibility index (Phi) is 23.1. The summed E-state index contributed by atoms with van der Waals surface area (Å²) in [5.41, 5.74) is 14.3. The largest absolute Gasteiger partial charge is 0.699 e. The summed E-state index contributed by atoms with van der Waals surface area (Å²) in [5.74, 6) is 0. The van der Waals surface area contributed by atoms with E-state index in [4.69, 9.17) is 5.73 Å². The molecule has 4 aromatic rings. The summed E-state index contributed by atoms with van der Waals surface area (Å²) in [5, 5.41) is 16.6. The second-order valence-electron chi connectivity index (χ2n) is 7.58. The molecule has 0 saturated carbocycles. The SMILES string of the molecule is Cc1cc(N=Nc2cc[c-]cc2C)ccc1[NH-].[CH2-]N(C)c1ccc(N=Nc2cc[c-]cc2)cc1.[Y].[Y].[Y].[Y]. The summed E-state index contributed by atoms with van der Waals surface area (Å²) in [6.07, 6.45) is 0. The van der Waals surface area contributed by atoms with Crippen molar-refractivity contribution in [2.45, 2.75) is 13.8 Å². The quantitative estimate of drug-likeness (QED) is 0.147. The molecule has 4 rings (SSSR count). The van der Waals surface area contributed by atoms with Crippen LogP contribution in [0.1, 0.15) is 11.1 Å². The third-order valence-corrected chi connectivity index (χ3v) is 4.80. The molecule has 0 bridgehead atoms. The van der Waals surface area contributed by atoms with Gasteiger partial charge >= 0.3 is 0 Å². The monoisotopic (exact) mass is 802 g/mol. The summed E-state index contributed by atoms with van der Waals surface area (Å²) in [6.45, 7) is 3.87. The van der Waals surface area contributed by atoms with Crippen LogP contribution in [0.4, 0.5) is 34.1 Å². The Morgan fingerprint density at radius 1 is 0.658 bits per heavy atom. The number of aryl methyl sites for hydroxylation is 2. The van der Waals surface area contributed by atoms with Gasteiger partial charge in [0.15, 0.2) is 0 Å². The molecule has 0 aliphatic heterocycles. The van der Waals surface area contributed by atoms with Gasteiger partial charge in [-0.2, -0.15) is 56.9 Å². The van der Waals surface area contributed by atoms with Gasteiger partial charge in [0.1, 0.15) is 0 Å². The van der Waals surface area contributed by atoms with Crippen LogP contribution in [0.15, 0.2) is 105 Å². The first-order valence-corrected chi connectivity index (χ1v) is 10.7. The van der Waals surface area contributed by atoms with Crippen LogP contribution in [0, 0.1) is 33.0 Å². The zero-order valence-corrected chi connectivity index (χ0v) is 33.2. The fourth-order valence-electron chi connectivity index (χ4n) is 2.77. The van der Waals surface area contributed by atoms with Crippen molar-refractivity contribution >= 4 is 34.1 Å². The van der Waals surface area contributed by atoms with Crippen LogP contribution in [0.2, 0.25) is 0 Å². The van der Waals surface area contributed by atoms with Crippen molar-refractivity contribution in [3.8, 4) is 0 Å². The van der Waals surface area contributed by atoms with Crippen molar-refractivity contribution in [2.24, 2.45) is 20.5 Å². The van der Waals surface area contributed by atoms with Crippen molar-refractivity contribution in [2.75, 3.05) is 11.9 Å². The smallest absolute Gasteiger partial charge is 0.0857 e. The first kappa shape index (κ1) is 40.2. The third kappa shape index (κ3) is 14.1. The van der Waals surface area contributed by atoms with E-state index in [2.05, 4.69) is 39.6 Å². The second kappa shape index (κ2) is 21.8. The van der Waals surface area contributed by atoms with E-state index in [-0.39, 0.29) is 131 Å². The average molecular weight is 802 g/mol. The Morgan fingerprint density at radius 3 is 1.74 bits per heavy atom. The van der Waals surface area contributed by atoms with Gasteiger partial charge in [-0.05, 0) is 61.7 Å². The van der Waals surface area contributed by atoms with Gasteiger partial charge in [-0.15, -0.1) is 29.4 Å². The maximum atomic E-state index is 7.57. The van der Waals surface area contributed by atoms with Crippen LogP contribution in [0.25, 0.3) is 5.73 Å². The minimum Gasteiger partial charge on any atom is -0.699 e. The molecule has 0 saturated heterocycles. The number of hydrogen-bond donors (Lipinski definition) is 0. The van der Waals surface area contributed by atoms with Gasteiger partial charge in [0.05, 0.1) is 11.4 Å². The first-order valence-electron chi connectivity index (χ1n) is 10.7. The predicted molar refractivity (Wildman–Crippen MR) is 139 cm³/mol. The van der Waals surface area contributed by atoms with E-state index in [1.54, 1.807) is 17.0 Å². The normalized spacial score (nSPS) is 9.68. The van der Waals surface area contributed by atoms with E-state index < -0.39 is 0 Å². The van der Waals surface area contributed by atoms with Crippen LogP contribution in [-0.2, 0) is 131 Å². The van der Waals surface area contributed by atoms with Crippen LogP contribution >= 0.6 is 0 Å². The molecule has 0 aliphatic rings. The van der Waals surface area contributed by atoms with E-state index in [0.29, 0.717) is 5.69 Å². The van der Waals surface area contributed by atoms with Gasteiger partial charge in [0, 0.05) is 137 Å². The van der Waals surface area contributed by atoms with Crippen molar-refractivity contribution in [3.05, 3.63) is 121 Å². The van der Waals surface area contributed by atoms with Gasteiger partial charge in [-0.3, -0.25) is 7.05 Å². The second-order valence-corrected chi connectivity index (χ2v) is 7.58. The van der Waals surface area contributed by atoms with E-state index >= 15 is 0 Å². The molecule has 38 heavy (non-hydrogen) atoms. The van der Waals surface area contributed by atoms with Gasteiger partial charge in [-0.1, -0.05) is 18.6 Å². The molecule has 0 amide bonds. The first-order chi connectivity index (χ1) is 16.4. The Morgan fingerprint density at radius 2 is 1.18 bits per heavy atom. The van der Waals surface area contributed by atoms with E-state index in [9.17, 15) is 0 Å². The molecule has 0 fully saturated rings. The number of benzene rings is 4.